The van der Waals surface area contributed by atoms with Gasteiger partial charge in [0.25, 0.3) is 16.8 Å². The second kappa shape index (κ2) is 19.3. The quantitative estimate of drug-likeness (QED) is 0.175. The Balaban J connectivity index is 0. The van der Waals surface area contributed by atoms with E-state index in [2.05, 4.69) is 10.1 Å². The van der Waals surface area contributed by atoms with Gasteiger partial charge in [-0.25, -0.2) is 4.79 Å². The van der Waals surface area contributed by atoms with Crippen molar-refractivity contribution >= 4 is 40.4 Å². The number of hydrogen-bond donors (Lipinski definition) is 2. The van der Waals surface area contributed by atoms with Crippen molar-refractivity contribution < 1.29 is 33.6 Å². The Kier molecular flexibility index (Phi) is 18.5. The predicted molar refractivity (Wildman–Crippen MR) is 164 cm³/mol. The molecule has 0 aliphatic heterocycles. The predicted octanol–water partition coefficient (Wildman–Crippen LogP) is 5.29. The number of halogens is 1. The molecule has 0 aliphatic carbocycles. The van der Waals surface area contributed by atoms with Crippen LogP contribution in [0.5, 0.6) is 0 Å². The molecule has 0 spiro atoms. The number of nitro groups is 1. The van der Waals surface area contributed by atoms with Crippen LogP contribution in [-0.2, 0) is 19.1 Å². The number of nitro benzene ring substituents is 1. The summed E-state index contributed by atoms with van der Waals surface area (Å²) in [6.07, 6.45) is 0. The molecule has 2 rings (SSSR count). The summed E-state index contributed by atoms with van der Waals surface area (Å²) in [7, 11) is 2.66. The van der Waals surface area contributed by atoms with Crippen LogP contribution in [0.15, 0.2) is 36.4 Å². The van der Waals surface area contributed by atoms with E-state index in [-0.39, 0.29) is 42.4 Å². The Morgan fingerprint density at radius 1 is 0.810 bits per heavy atom. The number of carbonyl (C=O) groups excluding carboxylic acids is 4. The zero-order valence-electron chi connectivity index (χ0n) is 24.9. The highest BCUT2D eigenvalue weighted by Crippen LogP contribution is 2.18. The van der Waals surface area contributed by atoms with Crippen molar-refractivity contribution in [3.05, 3.63) is 74.3 Å². The molecule has 0 saturated carbocycles. The Morgan fingerprint density at radius 3 is 1.62 bits per heavy atom. The van der Waals surface area contributed by atoms with Gasteiger partial charge < -0.3 is 20.5 Å². The van der Waals surface area contributed by atoms with Crippen LogP contribution in [0.1, 0.15) is 72.5 Å². The van der Waals surface area contributed by atoms with Crippen LogP contribution >= 0.6 is 11.6 Å². The maximum absolute atomic E-state index is 12.2. The normalized spacial score (nSPS) is 11.4. The van der Waals surface area contributed by atoms with E-state index < -0.39 is 28.2 Å². The molecule has 3 N–H and O–H groups in total. The third kappa shape index (κ3) is 14.2. The molecule has 12 heteroatoms. The highest BCUT2D eigenvalue weighted by atomic mass is 35.5. The summed E-state index contributed by atoms with van der Waals surface area (Å²) in [5, 5.41) is 12.4. The summed E-state index contributed by atoms with van der Waals surface area (Å²) < 4.78 is 9.11. The molecular formula is C30H44ClN3O8. The molecule has 0 aromatic heterocycles. The summed E-state index contributed by atoms with van der Waals surface area (Å²) in [4.78, 5) is 54.9. The minimum Gasteiger partial charge on any atom is -0.468 e. The van der Waals surface area contributed by atoms with Crippen LogP contribution < -0.4 is 11.1 Å². The van der Waals surface area contributed by atoms with Gasteiger partial charge in [0, 0.05) is 23.3 Å². The molecule has 0 saturated heterocycles. The number of ether oxygens (including phenoxy) is 2. The van der Waals surface area contributed by atoms with Gasteiger partial charge in [-0.05, 0) is 68.0 Å². The molecule has 0 heterocycles. The maximum Gasteiger partial charge on any atom is 0.328 e. The number of rotatable bonds is 8. The first-order chi connectivity index (χ1) is 18.9. The number of aryl methyl sites for hydroxylation is 3. The standard InChI is InChI=1S/C15H21NO3.C8H6ClNO3.C6H13NO2.CH4/c1-9(2)13(15(18)19-5)16-14(17)12-7-10(3)6-11(4)8-12;1-5-2-6(8(9)11)4-7(3-5)10(12)13;1-4(2)5(7)6(8)9-3;/h6-9,13H,1-5H3,(H,16,17);2-4H,1H3;4-5H,7H2,1-3H3;1H4/t13-;;5-;/m0.0./s1. The van der Waals surface area contributed by atoms with Crippen molar-refractivity contribution in [1.29, 1.82) is 0 Å². The number of carbonyl (C=O) groups is 4. The van der Waals surface area contributed by atoms with Crippen LogP contribution in [0.4, 0.5) is 5.69 Å². The number of nitrogens with zero attached hydrogens (tertiary/aromatic N) is 1. The average molecular weight is 610 g/mol. The Bertz CT molecular complexity index is 1180. The van der Waals surface area contributed by atoms with E-state index in [9.17, 15) is 29.3 Å². The number of esters is 2. The largest absolute Gasteiger partial charge is 0.468 e. The summed E-state index contributed by atoms with van der Waals surface area (Å²) >= 11 is 5.19. The monoisotopic (exact) mass is 609 g/mol. The molecule has 1 amide bonds. The first-order valence-corrected chi connectivity index (χ1v) is 13.1. The molecule has 0 aliphatic rings. The van der Waals surface area contributed by atoms with Crippen molar-refractivity contribution in [2.45, 2.75) is 68.0 Å². The highest BCUT2D eigenvalue weighted by Gasteiger charge is 2.25. The molecule has 0 fully saturated rings. The van der Waals surface area contributed by atoms with E-state index >= 15 is 0 Å². The average Bonchev–Trinajstić information content (AvgIpc) is 2.89. The van der Waals surface area contributed by atoms with Crippen molar-refractivity contribution in [1.82, 2.24) is 5.32 Å². The minimum absolute atomic E-state index is 0. The Labute approximate surface area is 253 Å². The van der Waals surface area contributed by atoms with Crippen LogP contribution in [-0.4, -0.2) is 54.3 Å². The zero-order chi connectivity index (χ0) is 32.0. The number of nitrogens with two attached hydrogens (primary N) is 1. The summed E-state index contributed by atoms with van der Waals surface area (Å²) in [5.74, 6) is -0.895. The molecular weight excluding hydrogens is 566 g/mol. The van der Waals surface area contributed by atoms with E-state index in [1.54, 1.807) is 19.1 Å². The van der Waals surface area contributed by atoms with Gasteiger partial charge in [-0.3, -0.25) is 24.5 Å². The number of methoxy groups -OCH3 is 2. The lowest BCUT2D eigenvalue weighted by Crippen LogP contribution is -2.45. The number of benzene rings is 2. The molecule has 234 valence electrons. The molecule has 0 radical (unpaired) electrons. The van der Waals surface area contributed by atoms with Crippen molar-refractivity contribution in [3.8, 4) is 0 Å². The lowest BCUT2D eigenvalue weighted by Gasteiger charge is -2.20. The van der Waals surface area contributed by atoms with Gasteiger partial charge in [-0.1, -0.05) is 52.3 Å². The number of hydrogen-bond acceptors (Lipinski definition) is 9. The lowest BCUT2D eigenvalue weighted by molar-refractivity contribution is -0.384. The number of non-ortho nitro benzene ring substituents is 1. The van der Waals surface area contributed by atoms with Gasteiger partial charge in [0.05, 0.1) is 19.1 Å². The molecule has 2 aromatic rings. The Morgan fingerprint density at radius 2 is 1.26 bits per heavy atom. The second-order valence-electron chi connectivity index (χ2n) is 9.98. The molecule has 2 atom stereocenters. The van der Waals surface area contributed by atoms with E-state index in [1.807, 2.05) is 47.6 Å². The smallest absolute Gasteiger partial charge is 0.328 e. The fourth-order valence-corrected chi connectivity index (χ4v) is 3.45. The number of amides is 1. The van der Waals surface area contributed by atoms with Crippen molar-refractivity contribution in [2.75, 3.05) is 14.2 Å². The van der Waals surface area contributed by atoms with E-state index in [0.717, 1.165) is 17.2 Å². The van der Waals surface area contributed by atoms with E-state index in [4.69, 9.17) is 22.1 Å². The molecule has 0 unspecified atom stereocenters. The second-order valence-corrected chi connectivity index (χ2v) is 10.3. The topological polar surface area (TPSA) is 168 Å². The Hall–Kier alpha value is -3.83. The van der Waals surface area contributed by atoms with Crippen LogP contribution in [0, 0.1) is 42.7 Å². The van der Waals surface area contributed by atoms with Crippen LogP contribution in [0.2, 0.25) is 0 Å². The van der Waals surface area contributed by atoms with Gasteiger partial charge >= 0.3 is 11.9 Å². The van der Waals surface area contributed by atoms with E-state index in [0.29, 0.717) is 11.1 Å². The molecule has 0 bridgehead atoms. The third-order valence-electron chi connectivity index (χ3n) is 5.58. The SMILES string of the molecule is C.COC(=O)[C@@H](N)C(C)C.COC(=O)[C@@H](NC(=O)c1cc(C)cc(C)c1)C(C)C.Cc1cc(C(=O)Cl)cc([N+](=O)[O-])c1. The van der Waals surface area contributed by atoms with Gasteiger partial charge in [0.2, 0.25) is 0 Å². The van der Waals surface area contributed by atoms with E-state index in [1.165, 1.54) is 26.4 Å². The maximum atomic E-state index is 12.2. The van der Waals surface area contributed by atoms with Gasteiger partial charge in [0.15, 0.2) is 0 Å². The first-order valence-electron chi connectivity index (χ1n) is 12.7. The lowest BCUT2D eigenvalue weighted by atomic mass is 10.0. The summed E-state index contributed by atoms with van der Waals surface area (Å²) in [6, 6.07) is 8.53. The van der Waals surface area contributed by atoms with Crippen LogP contribution in [0.25, 0.3) is 0 Å². The minimum atomic E-state index is -0.688. The zero-order valence-corrected chi connectivity index (χ0v) is 25.7. The van der Waals surface area contributed by atoms with Gasteiger partial charge in [0.1, 0.15) is 12.1 Å². The van der Waals surface area contributed by atoms with Crippen molar-refractivity contribution in [3.63, 3.8) is 0 Å². The van der Waals surface area contributed by atoms with Gasteiger partial charge in [-0.2, -0.15) is 0 Å². The first kappa shape index (κ1) is 40.3. The highest BCUT2D eigenvalue weighted by molar-refractivity contribution is 6.67. The third-order valence-corrected chi connectivity index (χ3v) is 5.80. The molecule has 42 heavy (non-hydrogen) atoms. The summed E-state index contributed by atoms with van der Waals surface area (Å²) in [5.41, 5.74) is 8.66. The molecule has 2 aromatic carbocycles. The summed E-state index contributed by atoms with van der Waals surface area (Å²) in [6.45, 7) is 13.0. The van der Waals surface area contributed by atoms with Crippen molar-refractivity contribution in [2.24, 2.45) is 17.6 Å². The van der Waals surface area contributed by atoms with Crippen LogP contribution in [0.3, 0.4) is 0 Å². The fourth-order valence-electron chi connectivity index (χ4n) is 3.35. The molecule has 11 nitrogen and oxygen atoms in total. The fraction of sp³-hybridized carbons (Fsp3) is 0.467. The number of nitrogens with one attached hydrogen (secondary N) is 1. The van der Waals surface area contributed by atoms with Gasteiger partial charge in [-0.15, -0.1) is 0 Å².